The molecule has 0 amide bonds. The van der Waals surface area contributed by atoms with Gasteiger partial charge < -0.3 is 10.1 Å². The van der Waals surface area contributed by atoms with Gasteiger partial charge in [-0.05, 0) is 22.0 Å². The van der Waals surface area contributed by atoms with Gasteiger partial charge in [-0.3, -0.25) is 0 Å². The molecular weight excluding hydrogens is 222 g/mol. The summed E-state index contributed by atoms with van der Waals surface area (Å²) in [7, 11) is 0. The molecule has 1 fully saturated rings. The van der Waals surface area contributed by atoms with Crippen LogP contribution in [0, 0.1) is 0 Å². The first-order valence-corrected chi connectivity index (χ1v) is 4.50. The molecule has 0 saturated carbocycles. The van der Waals surface area contributed by atoms with E-state index in [1.54, 1.807) is 12.3 Å². The second-order valence-electron chi connectivity index (χ2n) is 2.56. The zero-order valence-electron chi connectivity index (χ0n) is 6.33. The van der Waals surface area contributed by atoms with E-state index in [0.29, 0.717) is 6.01 Å². The predicted molar refractivity (Wildman–Crippen MR) is 47.0 cm³/mol. The molecule has 1 saturated heterocycles. The maximum absolute atomic E-state index is 5.42. The molecule has 12 heavy (non-hydrogen) atoms. The van der Waals surface area contributed by atoms with E-state index in [9.17, 15) is 0 Å². The minimum Gasteiger partial charge on any atom is -0.457 e. The van der Waals surface area contributed by atoms with Gasteiger partial charge in [0, 0.05) is 19.3 Å². The van der Waals surface area contributed by atoms with Gasteiger partial charge in [0.15, 0.2) is 0 Å². The van der Waals surface area contributed by atoms with Gasteiger partial charge in [-0.25, -0.2) is 4.98 Å². The van der Waals surface area contributed by atoms with E-state index < -0.39 is 0 Å². The minimum absolute atomic E-state index is 0.235. The average molecular weight is 230 g/mol. The molecule has 0 radical (unpaired) electrons. The van der Waals surface area contributed by atoms with E-state index in [1.165, 1.54) is 0 Å². The second kappa shape index (κ2) is 3.37. The van der Waals surface area contributed by atoms with Crippen LogP contribution >= 0.6 is 15.9 Å². The van der Waals surface area contributed by atoms with Crippen LogP contribution in [-0.4, -0.2) is 29.2 Å². The Morgan fingerprint density at radius 1 is 1.58 bits per heavy atom. The summed E-state index contributed by atoms with van der Waals surface area (Å²) in [5.74, 6) is 0. The van der Waals surface area contributed by atoms with Crippen molar-refractivity contribution in [3.05, 3.63) is 16.9 Å². The Kier molecular flexibility index (Phi) is 2.23. The Morgan fingerprint density at radius 3 is 3.00 bits per heavy atom. The largest absolute Gasteiger partial charge is 0.457 e. The van der Waals surface area contributed by atoms with Gasteiger partial charge in [-0.15, -0.1) is 0 Å². The summed E-state index contributed by atoms with van der Waals surface area (Å²) >= 11 is 3.25. The van der Waals surface area contributed by atoms with Crippen molar-refractivity contribution in [3.63, 3.8) is 0 Å². The van der Waals surface area contributed by atoms with Crippen molar-refractivity contribution < 1.29 is 4.74 Å². The SMILES string of the molecule is Brc1ccnc(OC2CNC2)n1. The highest BCUT2D eigenvalue weighted by Crippen LogP contribution is 2.11. The van der Waals surface area contributed by atoms with Crippen molar-refractivity contribution in [3.8, 4) is 6.01 Å². The topological polar surface area (TPSA) is 47.0 Å². The van der Waals surface area contributed by atoms with Gasteiger partial charge in [0.2, 0.25) is 0 Å². The van der Waals surface area contributed by atoms with E-state index in [0.717, 1.165) is 17.7 Å². The highest BCUT2D eigenvalue weighted by molar-refractivity contribution is 9.10. The molecule has 1 aromatic heterocycles. The lowest BCUT2D eigenvalue weighted by molar-refractivity contribution is 0.129. The number of hydrogen-bond acceptors (Lipinski definition) is 4. The lowest BCUT2D eigenvalue weighted by atomic mass is 10.2. The second-order valence-corrected chi connectivity index (χ2v) is 3.37. The summed E-state index contributed by atoms with van der Waals surface area (Å²) in [4.78, 5) is 8.02. The monoisotopic (exact) mass is 229 g/mol. The number of nitrogens with zero attached hydrogens (tertiary/aromatic N) is 2. The standard InChI is InChI=1S/C7H8BrN3O/c8-6-1-2-10-7(11-6)12-5-3-9-4-5/h1-2,5,9H,3-4H2. The van der Waals surface area contributed by atoms with Crippen LogP contribution < -0.4 is 10.1 Å². The maximum atomic E-state index is 5.42. The summed E-state index contributed by atoms with van der Waals surface area (Å²) in [6.07, 6.45) is 1.90. The van der Waals surface area contributed by atoms with Gasteiger partial charge in [0.05, 0.1) is 0 Å². The zero-order chi connectivity index (χ0) is 8.39. The fraction of sp³-hybridized carbons (Fsp3) is 0.429. The molecule has 1 N–H and O–H groups in total. The third kappa shape index (κ3) is 1.73. The molecule has 1 aliphatic rings. The Hall–Kier alpha value is -0.680. The minimum atomic E-state index is 0.235. The first kappa shape index (κ1) is 7.94. The lowest BCUT2D eigenvalue weighted by Gasteiger charge is -2.26. The first-order valence-electron chi connectivity index (χ1n) is 3.70. The zero-order valence-corrected chi connectivity index (χ0v) is 7.91. The van der Waals surface area contributed by atoms with Crippen LogP contribution in [0.15, 0.2) is 16.9 Å². The van der Waals surface area contributed by atoms with Gasteiger partial charge in [-0.2, -0.15) is 4.98 Å². The van der Waals surface area contributed by atoms with E-state index in [4.69, 9.17) is 4.74 Å². The van der Waals surface area contributed by atoms with Crippen molar-refractivity contribution in [2.75, 3.05) is 13.1 Å². The third-order valence-corrected chi connectivity index (χ3v) is 2.06. The molecule has 0 atom stereocenters. The summed E-state index contributed by atoms with van der Waals surface area (Å²) in [6.45, 7) is 1.77. The molecule has 0 bridgehead atoms. The molecule has 0 spiro atoms. The van der Waals surface area contributed by atoms with Crippen molar-refractivity contribution in [2.24, 2.45) is 0 Å². The fourth-order valence-corrected chi connectivity index (χ4v) is 1.14. The summed E-state index contributed by atoms with van der Waals surface area (Å²) < 4.78 is 6.17. The van der Waals surface area contributed by atoms with E-state index >= 15 is 0 Å². The molecule has 4 nitrogen and oxygen atoms in total. The molecule has 0 aliphatic carbocycles. The quantitative estimate of drug-likeness (QED) is 0.755. The number of nitrogens with one attached hydrogen (secondary N) is 1. The van der Waals surface area contributed by atoms with Crippen molar-refractivity contribution in [1.82, 2.24) is 15.3 Å². The number of rotatable bonds is 2. The predicted octanol–water partition coefficient (Wildman–Crippen LogP) is 0.590. The molecule has 64 valence electrons. The van der Waals surface area contributed by atoms with Gasteiger partial charge >= 0.3 is 6.01 Å². The fourth-order valence-electron chi connectivity index (χ4n) is 0.871. The number of hydrogen-bond donors (Lipinski definition) is 1. The highest BCUT2D eigenvalue weighted by Gasteiger charge is 2.19. The van der Waals surface area contributed by atoms with Crippen LogP contribution in [0.2, 0.25) is 0 Å². The summed E-state index contributed by atoms with van der Waals surface area (Å²) in [6, 6.07) is 2.21. The van der Waals surface area contributed by atoms with Crippen LogP contribution in [0.5, 0.6) is 6.01 Å². The maximum Gasteiger partial charge on any atom is 0.317 e. The van der Waals surface area contributed by atoms with E-state index in [-0.39, 0.29) is 6.10 Å². The Balaban J connectivity index is 2.02. The molecular formula is C7H8BrN3O. The Morgan fingerprint density at radius 2 is 2.42 bits per heavy atom. The van der Waals surface area contributed by atoms with Crippen LogP contribution in [0.3, 0.4) is 0 Å². The Bertz CT molecular complexity index is 277. The molecule has 0 unspecified atom stereocenters. The lowest BCUT2D eigenvalue weighted by Crippen LogP contribution is -2.50. The van der Waals surface area contributed by atoms with E-state index in [1.807, 2.05) is 0 Å². The van der Waals surface area contributed by atoms with E-state index in [2.05, 4.69) is 31.2 Å². The van der Waals surface area contributed by atoms with Crippen LogP contribution in [0.1, 0.15) is 0 Å². The van der Waals surface area contributed by atoms with Crippen LogP contribution in [0.25, 0.3) is 0 Å². The van der Waals surface area contributed by atoms with Crippen molar-refractivity contribution in [1.29, 1.82) is 0 Å². The number of halogens is 1. The molecule has 1 aliphatic heterocycles. The number of aromatic nitrogens is 2. The van der Waals surface area contributed by atoms with Crippen molar-refractivity contribution >= 4 is 15.9 Å². The smallest absolute Gasteiger partial charge is 0.317 e. The third-order valence-electron chi connectivity index (χ3n) is 1.62. The summed E-state index contributed by atoms with van der Waals surface area (Å²) in [5.41, 5.74) is 0. The average Bonchev–Trinajstić information content (AvgIpc) is 1.97. The van der Waals surface area contributed by atoms with Gasteiger partial charge in [0.1, 0.15) is 10.7 Å². The molecule has 5 heteroatoms. The highest BCUT2D eigenvalue weighted by atomic mass is 79.9. The van der Waals surface area contributed by atoms with Gasteiger partial charge in [-0.1, -0.05) is 0 Å². The van der Waals surface area contributed by atoms with Crippen LogP contribution in [0.4, 0.5) is 0 Å². The first-order chi connectivity index (χ1) is 5.84. The Labute approximate surface area is 78.5 Å². The number of ether oxygens (including phenoxy) is 1. The molecule has 2 rings (SSSR count). The van der Waals surface area contributed by atoms with Crippen LogP contribution in [-0.2, 0) is 0 Å². The van der Waals surface area contributed by atoms with Crippen molar-refractivity contribution in [2.45, 2.75) is 6.10 Å². The normalized spacial score (nSPS) is 17.1. The molecule has 1 aromatic rings. The summed E-state index contributed by atoms with van der Waals surface area (Å²) in [5, 5.41) is 3.10. The molecule has 0 aromatic carbocycles. The van der Waals surface area contributed by atoms with Gasteiger partial charge in [0.25, 0.3) is 0 Å². The molecule has 2 heterocycles.